The largest absolute Gasteiger partial charge is 0.481 e. The fraction of sp³-hybridized carbons (Fsp3) is 0.750. The van der Waals surface area contributed by atoms with Crippen LogP contribution in [0.1, 0.15) is 40.5 Å². The molecular weight excluding hydrogens is 176 g/mol. The fourth-order valence-corrected chi connectivity index (χ4v) is 3.48. The predicted molar refractivity (Wildman–Crippen MR) is 54.9 cm³/mol. The molecule has 14 heavy (non-hydrogen) atoms. The zero-order valence-corrected chi connectivity index (χ0v) is 9.35. The Labute approximate surface area is 85.0 Å². The average molecular weight is 194 g/mol. The lowest BCUT2D eigenvalue weighted by Gasteiger charge is -2.63. The number of hydrogen-bond acceptors (Lipinski definition) is 1. The van der Waals surface area contributed by atoms with Gasteiger partial charge in [0.05, 0.1) is 5.41 Å². The quantitative estimate of drug-likeness (QED) is 0.652. The van der Waals surface area contributed by atoms with Crippen LogP contribution in [0.2, 0.25) is 0 Å². The Morgan fingerprint density at radius 1 is 1.43 bits per heavy atom. The van der Waals surface area contributed by atoms with Gasteiger partial charge in [-0.1, -0.05) is 25.0 Å². The topological polar surface area (TPSA) is 37.3 Å². The van der Waals surface area contributed by atoms with Crippen molar-refractivity contribution in [2.45, 2.75) is 40.5 Å². The Balaban J connectivity index is 2.57. The molecule has 3 aliphatic carbocycles. The molecule has 2 atom stereocenters. The van der Waals surface area contributed by atoms with E-state index in [-0.39, 0.29) is 5.41 Å². The summed E-state index contributed by atoms with van der Waals surface area (Å²) in [7, 11) is 0. The minimum absolute atomic E-state index is 0.0531. The first-order valence-electron chi connectivity index (χ1n) is 5.24. The van der Waals surface area contributed by atoms with Crippen molar-refractivity contribution in [3.8, 4) is 0 Å². The van der Waals surface area contributed by atoms with Crippen LogP contribution in [0.25, 0.3) is 0 Å². The summed E-state index contributed by atoms with van der Waals surface area (Å²) in [5, 5.41) is 9.43. The number of fused-ring (bicyclic) bond motifs is 1. The summed E-state index contributed by atoms with van der Waals surface area (Å²) in [6, 6.07) is 0. The zero-order chi connectivity index (χ0) is 10.7. The van der Waals surface area contributed by atoms with Crippen molar-refractivity contribution in [2.75, 3.05) is 0 Å². The number of hydrogen-bond donors (Lipinski definition) is 1. The van der Waals surface area contributed by atoms with Gasteiger partial charge in [0.15, 0.2) is 0 Å². The van der Waals surface area contributed by atoms with Gasteiger partial charge in [0.1, 0.15) is 0 Å². The van der Waals surface area contributed by atoms with Crippen molar-refractivity contribution in [1.29, 1.82) is 0 Å². The third-order valence-corrected chi connectivity index (χ3v) is 4.87. The van der Waals surface area contributed by atoms with E-state index in [0.29, 0.717) is 5.92 Å². The lowest BCUT2D eigenvalue weighted by Crippen LogP contribution is -2.62. The van der Waals surface area contributed by atoms with E-state index < -0.39 is 11.4 Å². The van der Waals surface area contributed by atoms with Crippen molar-refractivity contribution in [1.82, 2.24) is 0 Å². The highest BCUT2D eigenvalue weighted by Crippen LogP contribution is 2.69. The third-order valence-electron chi connectivity index (χ3n) is 4.87. The van der Waals surface area contributed by atoms with Crippen LogP contribution >= 0.6 is 0 Å². The Morgan fingerprint density at radius 3 is 2.36 bits per heavy atom. The first kappa shape index (κ1) is 9.75. The van der Waals surface area contributed by atoms with Gasteiger partial charge >= 0.3 is 5.97 Å². The molecule has 78 valence electrons. The van der Waals surface area contributed by atoms with Gasteiger partial charge in [0.25, 0.3) is 0 Å². The van der Waals surface area contributed by atoms with Crippen LogP contribution in [0.15, 0.2) is 11.1 Å². The summed E-state index contributed by atoms with van der Waals surface area (Å²) in [4.78, 5) is 11.5. The molecule has 2 heteroatoms. The first-order chi connectivity index (χ1) is 6.34. The molecule has 2 nitrogen and oxygen atoms in total. The molecule has 0 amide bonds. The van der Waals surface area contributed by atoms with Crippen LogP contribution < -0.4 is 0 Å². The van der Waals surface area contributed by atoms with E-state index in [2.05, 4.69) is 20.8 Å². The van der Waals surface area contributed by atoms with Crippen LogP contribution in [-0.2, 0) is 4.79 Å². The predicted octanol–water partition coefficient (Wildman–Crippen LogP) is 2.84. The second kappa shape index (κ2) is 2.41. The van der Waals surface area contributed by atoms with Gasteiger partial charge in [0.2, 0.25) is 0 Å². The Bertz CT molecular complexity index is 338. The summed E-state index contributed by atoms with van der Waals surface area (Å²) in [5.41, 5.74) is 1.79. The average Bonchev–Trinajstić information content (AvgIpc) is 2.07. The maximum atomic E-state index is 11.5. The second-order valence-corrected chi connectivity index (χ2v) is 5.44. The van der Waals surface area contributed by atoms with E-state index in [4.69, 9.17) is 0 Å². The number of allylic oxidation sites excluding steroid dienone is 1. The summed E-state index contributed by atoms with van der Waals surface area (Å²) in [5.74, 6) is -0.0578. The van der Waals surface area contributed by atoms with Crippen LogP contribution in [0.5, 0.6) is 0 Å². The summed E-state index contributed by atoms with van der Waals surface area (Å²) in [6.07, 6.45) is 1.94. The number of carboxylic acid groups (broad SMARTS) is 1. The van der Waals surface area contributed by atoms with Crippen LogP contribution in [-0.4, -0.2) is 11.1 Å². The molecule has 1 saturated carbocycles. The van der Waals surface area contributed by atoms with Gasteiger partial charge in [-0.25, -0.2) is 0 Å². The molecule has 0 heterocycles. The van der Waals surface area contributed by atoms with Crippen molar-refractivity contribution in [2.24, 2.45) is 16.7 Å². The SMILES string of the molecule is CC1=C(C)C2(C(=O)O)CC(C1)C2(C)C. The fourth-order valence-electron chi connectivity index (χ4n) is 3.48. The molecule has 0 saturated heterocycles. The van der Waals surface area contributed by atoms with Crippen LogP contribution in [0.3, 0.4) is 0 Å². The molecule has 0 spiro atoms. The maximum absolute atomic E-state index is 11.5. The van der Waals surface area contributed by atoms with Gasteiger partial charge in [-0.05, 0) is 38.0 Å². The highest BCUT2D eigenvalue weighted by atomic mass is 16.4. The van der Waals surface area contributed by atoms with E-state index >= 15 is 0 Å². The highest BCUT2D eigenvalue weighted by molar-refractivity contribution is 5.82. The Hall–Kier alpha value is -0.790. The van der Waals surface area contributed by atoms with Crippen LogP contribution in [0.4, 0.5) is 0 Å². The van der Waals surface area contributed by atoms with E-state index in [0.717, 1.165) is 18.4 Å². The molecule has 0 aliphatic heterocycles. The summed E-state index contributed by atoms with van der Waals surface area (Å²) >= 11 is 0. The summed E-state index contributed by atoms with van der Waals surface area (Å²) < 4.78 is 0. The molecule has 0 radical (unpaired) electrons. The maximum Gasteiger partial charge on any atom is 0.314 e. The van der Waals surface area contributed by atoms with Gasteiger partial charge in [-0.3, -0.25) is 4.79 Å². The second-order valence-electron chi connectivity index (χ2n) is 5.44. The Morgan fingerprint density at radius 2 is 2.00 bits per heavy atom. The van der Waals surface area contributed by atoms with Crippen molar-refractivity contribution >= 4 is 5.97 Å². The monoisotopic (exact) mass is 194 g/mol. The van der Waals surface area contributed by atoms with E-state index in [1.54, 1.807) is 0 Å². The smallest absolute Gasteiger partial charge is 0.314 e. The van der Waals surface area contributed by atoms with E-state index in [9.17, 15) is 9.90 Å². The summed E-state index contributed by atoms with van der Waals surface area (Å²) in [6.45, 7) is 8.28. The number of rotatable bonds is 1. The normalized spacial score (nSPS) is 39.3. The number of aliphatic carboxylic acids is 1. The van der Waals surface area contributed by atoms with Crippen LogP contribution in [0, 0.1) is 16.7 Å². The standard InChI is InChI=1S/C12H18O2/c1-7-5-9-6-12(8(7)2,10(13)14)11(9,3)4/h9H,5-6H2,1-4H3,(H,13,14). The van der Waals surface area contributed by atoms with Gasteiger partial charge < -0.3 is 5.11 Å². The van der Waals surface area contributed by atoms with Gasteiger partial charge in [-0.2, -0.15) is 0 Å². The lowest BCUT2D eigenvalue weighted by atomic mass is 9.39. The number of carboxylic acids is 1. The van der Waals surface area contributed by atoms with Gasteiger partial charge in [-0.15, -0.1) is 0 Å². The highest BCUT2D eigenvalue weighted by Gasteiger charge is 2.67. The third kappa shape index (κ3) is 0.760. The Kier molecular flexibility index (Phi) is 1.68. The minimum atomic E-state index is -0.629. The zero-order valence-electron chi connectivity index (χ0n) is 9.35. The first-order valence-corrected chi connectivity index (χ1v) is 5.24. The molecular formula is C12H18O2. The molecule has 2 unspecified atom stereocenters. The molecule has 3 rings (SSSR count). The van der Waals surface area contributed by atoms with E-state index in [1.165, 1.54) is 5.57 Å². The van der Waals surface area contributed by atoms with E-state index in [1.807, 2.05) is 6.92 Å². The molecule has 0 aromatic rings. The molecule has 1 fully saturated rings. The molecule has 0 aromatic heterocycles. The molecule has 2 bridgehead atoms. The molecule has 0 aromatic carbocycles. The van der Waals surface area contributed by atoms with Crippen molar-refractivity contribution in [3.63, 3.8) is 0 Å². The lowest BCUT2D eigenvalue weighted by molar-refractivity contribution is -0.179. The number of carbonyl (C=O) groups is 1. The van der Waals surface area contributed by atoms with Crippen molar-refractivity contribution < 1.29 is 9.90 Å². The van der Waals surface area contributed by atoms with Gasteiger partial charge in [0, 0.05) is 0 Å². The minimum Gasteiger partial charge on any atom is -0.481 e. The molecule has 1 N–H and O–H groups in total. The molecule has 3 aliphatic rings. The van der Waals surface area contributed by atoms with Crippen molar-refractivity contribution in [3.05, 3.63) is 11.1 Å².